The number of benzene rings is 2. The van der Waals surface area contributed by atoms with Crippen molar-refractivity contribution in [3.8, 4) is 5.75 Å². The number of aliphatic carboxylic acids is 1. The summed E-state index contributed by atoms with van der Waals surface area (Å²) >= 11 is 5.84. The average Bonchev–Trinajstić information content (AvgIpc) is 2.51. The number of carboxylic acids is 1. The molecule has 2 aromatic rings. The van der Waals surface area contributed by atoms with E-state index in [0.29, 0.717) is 16.3 Å². The summed E-state index contributed by atoms with van der Waals surface area (Å²) in [4.78, 5) is 22.3. The fraction of sp³-hybridized carbons (Fsp3) is 0.0588. The molecule has 0 aromatic heterocycles. The fourth-order valence-electron chi connectivity index (χ4n) is 1.73. The minimum absolute atomic E-state index is 0.153. The van der Waals surface area contributed by atoms with Crippen molar-refractivity contribution in [3.63, 3.8) is 0 Å². The van der Waals surface area contributed by atoms with E-state index in [1.165, 1.54) is 6.08 Å². The molecule has 0 spiro atoms. The third-order valence-corrected chi connectivity index (χ3v) is 3.01. The second-order valence-corrected chi connectivity index (χ2v) is 4.87. The van der Waals surface area contributed by atoms with E-state index in [9.17, 15) is 14.7 Å². The van der Waals surface area contributed by atoms with Gasteiger partial charge in [0.05, 0.1) is 5.97 Å². The van der Waals surface area contributed by atoms with E-state index in [1.54, 1.807) is 54.6 Å². The van der Waals surface area contributed by atoms with Gasteiger partial charge in [-0.1, -0.05) is 41.9 Å². The molecule has 0 saturated carbocycles. The molecule has 0 aliphatic heterocycles. The Hall–Kier alpha value is -2.59. The summed E-state index contributed by atoms with van der Waals surface area (Å²) in [7, 11) is 0. The van der Waals surface area contributed by atoms with Gasteiger partial charge in [0.25, 0.3) is 0 Å². The summed E-state index contributed by atoms with van der Waals surface area (Å²) in [5.74, 6) is -1.02. The molecule has 0 aliphatic rings. The number of carbonyl (C=O) groups is 2. The molecule has 2 aromatic carbocycles. The molecule has 0 atom stereocenters. The quantitative estimate of drug-likeness (QED) is 0.606. The molecular formula is C17H12ClO4-. The van der Waals surface area contributed by atoms with Gasteiger partial charge in [-0.3, -0.25) is 4.79 Å². The van der Waals surface area contributed by atoms with E-state index >= 15 is 0 Å². The Morgan fingerprint density at radius 2 is 1.86 bits per heavy atom. The van der Waals surface area contributed by atoms with Crippen molar-refractivity contribution in [3.05, 3.63) is 70.8 Å². The van der Waals surface area contributed by atoms with Gasteiger partial charge in [0.1, 0.15) is 12.4 Å². The van der Waals surface area contributed by atoms with Crippen molar-refractivity contribution < 1.29 is 19.4 Å². The fourth-order valence-corrected chi connectivity index (χ4v) is 1.92. The lowest BCUT2D eigenvalue weighted by molar-refractivity contribution is -0.307. The normalized spacial score (nSPS) is 10.6. The van der Waals surface area contributed by atoms with Gasteiger partial charge in [0.15, 0.2) is 5.78 Å². The maximum absolute atomic E-state index is 12.0. The van der Waals surface area contributed by atoms with Gasteiger partial charge in [-0.2, -0.15) is 0 Å². The first-order valence-corrected chi connectivity index (χ1v) is 6.83. The number of allylic oxidation sites excluding steroid dienone is 1. The highest BCUT2D eigenvalue weighted by Crippen LogP contribution is 2.15. The van der Waals surface area contributed by atoms with Gasteiger partial charge >= 0.3 is 0 Å². The zero-order valence-corrected chi connectivity index (χ0v) is 12.2. The number of ether oxygens (including phenoxy) is 1. The number of carbonyl (C=O) groups excluding carboxylic acids is 2. The second-order valence-electron chi connectivity index (χ2n) is 4.44. The lowest BCUT2D eigenvalue weighted by Gasteiger charge is -2.06. The van der Waals surface area contributed by atoms with Crippen LogP contribution in [0.4, 0.5) is 0 Å². The van der Waals surface area contributed by atoms with Crippen molar-refractivity contribution in [1.82, 2.24) is 0 Å². The van der Waals surface area contributed by atoms with Crippen molar-refractivity contribution in [2.24, 2.45) is 0 Å². The Bertz CT molecular complexity index is 705. The predicted molar refractivity (Wildman–Crippen MR) is 81.8 cm³/mol. The van der Waals surface area contributed by atoms with Gasteiger partial charge in [0, 0.05) is 10.6 Å². The van der Waals surface area contributed by atoms with E-state index in [1.807, 2.05) is 0 Å². The van der Waals surface area contributed by atoms with Crippen LogP contribution in [0.3, 0.4) is 0 Å². The summed E-state index contributed by atoms with van der Waals surface area (Å²) in [6.07, 6.45) is 3.11. The molecule has 0 fully saturated rings. The van der Waals surface area contributed by atoms with Crippen LogP contribution in [0, 0.1) is 0 Å². The van der Waals surface area contributed by atoms with Crippen molar-refractivity contribution >= 4 is 29.4 Å². The number of rotatable bonds is 6. The van der Waals surface area contributed by atoms with Crippen LogP contribution in [-0.4, -0.2) is 18.4 Å². The van der Waals surface area contributed by atoms with Gasteiger partial charge in [-0.15, -0.1) is 0 Å². The topological polar surface area (TPSA) is 66.4 Å². The number of ketones is 1. The van der Waals surface area contributed by atoms with Crippen LogP contribution in [-0.2, 0) is 4.79 Å². The van der Waals surface area contributed by atoms with Gasteiger partial charge < -0.3 is 14.6 Å². The Morgan fingerprint density at radius 1 is 1.14 bits per heavy atom. The Kier molecular flexibility index (Phi) is 5.33. The van der Waals surface area contributed by atoms with Crippen LogP contribution in [0.1, 0.15) is 15.9 Å². The smallest absolute Gasteiger partial charge is 0.185 e. The maximum atomic E-state index is 12.0. The van der Waals surface area contributed by atoms with Gasteiger partial charge in [-0.25, -0.2) is 0 Å². The maximum Gasteiger partial charge on any atom is 0.185 e. The molecule has 0 N–H and O–H groups in total. The first-order chi connectivity index (χ1) is 10.5. The monoisotopic (exact) mass is 315 g/mol. The van der Waals surface area contributed by atoms with Crippen LogP contribution in [0.15, 0.2) is 54.6 Å². The van der Waals surface area contributed by atoms with Crippen LogP contribution in [0.2, 0.25) is 5.02 Å². The number of carboxylic acid groups (broad SMARTS) is 1. The SMILES string of the molecule is O=C([O-])COc1ccc(/C=C/C(=O)c2cccc(Cl)c2)cc1. The van der Waals surface area contributed by atoms with E-state index in [2.05, 4.69) is 0 Å². The molecule has 0 radical (unpaired) electrons. The van der Waals surface area contributed by atoms with Crippen LogP contribution < -0.4 is 9.84 Å². The lowest BCUT2D eigenvalue weighted by atomic mass is 10.1. The third kappa shape index (κ3) is 4.75. The predicted octanol–water partition coefficient (Wildman–Crippen LogP) is 2.36. The average molecular weight is 316 g/mol. The van der Waals surface area contributed by atoms with Crippen LogP contribution in [0.25, 0.3) is 6.08 Å². The molecule has 0 heterocycles. The number of hydrogen-bond acceptors (Lipinski definition) is 4. The minimum atomic E-state index is -1.28. The highest BCUT2D eigenvalue weighted by Gasteiger charge is 2.02. The first-order valence-electron chi connectivity index (χ1n) is 6.45. The van der Waals surface area contributed by atoms with E-state index in [-0.39, 0.29) is 5.78 Å². The molecule has 2 rings (SSSR count). The molecule has 0 amide bonds. The largest absolute Gasteiger partial charge is 0.546 e. The van der Waals surface area contributed by atoms with Crippen molar-refractivity contribution in [1.29, 1.82) is 0 Å². The highest BCUT2D eigenvalue weighted by atomic mass is 35.5. The third-order valence-electron chi connectivity index (χ3n) is 2.77. The van der Waals surface area contributed by atoms with Crippen LogP contribution >= 0.6 is 11.6 Å². The zero-order valence-electron chi connectivity index (χ0n) is 11.5. The molecule has 0 saturated heterocycles. The molecule has 4 nitrogen and oxygen atoms in total. The molecule has 5 heteroatoms. The minimum Gasteiger partial charge on any atom is -0.546 e. The van der Waals surface area contributed by atoms with E-state index < -0.39 is 12.6 Å². The molecule has 22 heavy (non-hydrogen) atoms. The summed E-state index contributed by atoms with van der Waals surface area (Å²) in [6.45, 7) is -0.498. The number of hydrogen-bond donors (Lipinski definition) is 0. The molecule has 0 bridgehead atoms. The summed E-state index contributed by atoms with van der Waals surface area (Å²) in [5, 5.41) is 10.8. The van der Waals surface area contributed by atoms with Crippen molar-refractivity contribution in [2.45, 2.75) is 0 Å². The standard InChI is InChI=1S/C17H13ClO4/c18-14-3-1-2-13(10-14)16(19)9-6-12-4-7-15(8-5-12)22-11-17(20)21/h1-10H,11H2,(H,20,21)/p-1/b9-6+. The Balaban J connectivity index is 2.01. The molecule has 0 aliphatic carbocycles. The Morgan fingerprint density at radius 3 is 2.50 bits per heavy atom. The van der Waals surface area contributed by atoms with Gasteiger partial charge in [-0.05, 0) is 35.9 Å². The summed E-state index contributed by atoms with van der Waals surface area (Å²) in [6, 6.07) is 13.4. The summed E-state index contributed by atoms with van der Waals surface area (Å²) in [5.41, 5.74) is 1.30. The molecule has 0 unspecified atom stereocenters. The lowest BCUT2D eigenvalue weighted by Crippen LogP contribution is -2.28. The highest BCUT2D eigenvalue weighted by molar-refractivity contribution is 6.31. The Labute approximate surface area is 132 Å². The second kappa shape index (κ2) is 7.43. The first kappa shape index (κ1) is 15.8. The molecular weight excluding hydrogens is 304 g/mol. The van der Waals surface area contributed by atoms with Crippen LogP contribution in [0.5, 0.6) is 5.75 Å². The van der Waals surface area contributed by atoms with E-state index in [0.717, 1.165) is 5.56 Å². The molecule has 112 valence electrons. The number of halogens is 1. The zero-order chi connectivity index (χ0) is 15.9. The van der Waals surface area contributed by atoms with E-state index in [4.69, 9.17) is 16.3 Å². The van der Waals surface area contributed by atoms with Gasteiger partial charge in [0.2, 0.25) is 0 Å². The van der Waals surface area contributed by atoms with Crippen molar-refractivity contribution in [2.75, 3.05) is 6.61 Å². The summed E-state index contributed by atoms with van der Waals surface area (Å²) < 4.78 is 4.96.